The fourth-order valence-electron chi connectivity index (χ4n) is 0.347. The van der Waals surface area contributed by atoms with Gasteiger partial charge >= 0.3 is 0 Å². The summed E-state index contributed by atoms with van der Waals surface area (Å²) in [6.45, 7) is 1.84. The normalized spacial score (nSPS) is 18.0. The van der Waals surface area contributed by atoms with Gasteiger partial charge in [0.05, 0.1) is 6.04 Å². The summed E-state index contributed by atoms with van der Waals surface area (Å²) in [4.78, 5) is 0. The van der Waals surface area contributed by atoms with Crippen LogP contribution in [0, 0.1) is 0 Å². The quantitative estimate of drug-likeness (QED) is 0.495. The molecule has 2 N–H and O–H groups in total. The molecule has 1 unspecified atom stereocenters. The summed E-state index contributed by atoms with van der Waals surface area (Å²) in [6.07, 6.45) is -0.694. The van der Waals surface area contributed by atoms with Crippen LogP contribution in [0.15, 0.2) is 0 Å². The van der Waals surface area contributed by atoms with E-state index in [-0.39, 0.29) is 6.04 Å². The lowest BCUT2D eigenvalue weighted by Gasteiger charge is -2.15. The van der Waals surface area contributed by atoms with E-state index < -0.39 is 6.29 Å². The predicted molar refractivity (Wildman–Crippen MR) is 31.5 cm³/mol. The summed E-state index contributed by atoms with van der Waals surface area (Å²) >= 11 is 0. The lowest BCUT2D eigenvalue weighted by molar-refractivity contribution is -0.0916. The molecule has 0 aliphatic carbocycles. The Bertz CT molecular complexity index is 50.4. The Balaban J connectivity index is 3.29. The van der Waals surface area contributed by atoms with Crippen molar-refractivity contribution in [3.8, 4) is 0 Å². The van der Waals surface area contributed by atoms with Crippen LogP contribution in [0.4, 0.5) is 0 Å². The van der Waals surface area contributed by atoms with E-state index in [0.717, 1.165) is 0 Å². The predicted octanol–water partition coefficient (Wildman–Crippen LogP) is -0.441. The minimum Gasteiger partial charge on any atom is -0.367 e. The van der Waals surface area contributed by atoms with E-state index in [1.165, 1.54) is 7.11 Å². The summed E-state index contributed by atoms with van der Waals surface area (Å²) in [5.41, 5.74) is 0. The molecule has 0 aliphatic rings. The van der Waals surface area contributed by atoms with Gasteiger partial charge in [0, 0.05) is 7.11 Å². The van der Waals surface area contributed by atoms with Crippen molar-refractivity contribution < 1.29 is 9.84 Å². The second-order valence-electron chi connectivity index (χ2n) is 1.70. The van der Waals surface area contributed by atoms with E-state index in [1.807, 2.05) is 6.92 Å². The molecule has 0 fully saturated rings. The number of likely N-dealkylation sites (N-methyl/N-ethyl adjacent to an activating group) is 1. The number of rotatable bonds is 3. The van der Waals surface area contributed by atoms with Gasteiger partial charge in [-0.15, -0.1) is 0 Å². The molecule has 0 saturated heterocycles. The van der Waals surface area contributed by atoms with Crippen LogP contribution in [0.3, 0.4) is 0 Å². The largest absolute Gasteiger partial charge is 0.367 e. The number of methoxy groups -OCH3 is 1. The van der Waals surface area contributed by atoms with E-state index in [9.17, 15) is 0 Å². The number of hydrogen-bond acceptors (Lipinski definition) is 3. The number of ether oxygens (including phenoxy) is 1. The second-order valence-corrected chi connectivity index (χ2v) is 1.70. The Hall–Kier alpha value is -0.120. The molecule has 0 bridgehead atoms. The lowest BCUT2D eigenvalue weighted by Crippen LogP contribution is -2.35. The maximum atomic E-state index is 8.84. The highest BCUT2D eigenvalue weighted by atomic mass is 16.6. The Morgan fingerprint density at radius 3 is 2.25 bits per heavy atom. The molecule has 0 aromatic rings. The van der Waals surface area contributed by atoms with Gasteiger partial charge in [0.15, 0.2) is 6.29 Å². The minimum atomic E-state index is -0.694. The lowest BCUT2D eigenvalue weighted by atomic mass is 10.3. The number of aliphatic hydroxyl groups is 1. The maximum Gasteiger partial charge on any atom is 0.169 e. The van der Waals surface area contributed by atoms with Crippen LogP contribution in [0.1, 0.15) is 6.92 Å². The Morgan fingerprint density at radius 2 is 2.12 bits per heavy atom. The molecular weight excluding hydrogens is 106 g/mol. The SMILES string of the molecule is CN[C@@H](C)C(O)OC. The molecule has 0 aromatic heterocycles. The molecule has 3 heteroatoms. The van der Waals surface area contributed by atoms with Crippen LogP contribution < -0.4 is 5.32 Å². The fourth-order valence-corrected chi connectivity index (χ4v) is 0.347. The molecule has 0 amide bonds. The van der Waals surface area contributed by atoms with Gasteiger partial charge in [-0.25, -0.2) is 0 Å². The molecule has 0 aromatic carbocycles. The van der Waals surface area contributed by atoms with Gasteiger partial charge < -0.3 is 15.2 Å². The van der Waals surface area contributed by atoms with Gasteiger partial charge in [-0.3, -0.25) is 0 Å². The smallest absolute Gasteiger partial charge is 0.169 e. The summed E-state index contributed by atoms with van der Waals surface area (Å²) in [6, 6.07) is -0.000000000000000222. The third-order valence-electron chi connectivity index (χ3n) is 1.12. The highest BCUT2D eigenvalue weighted by Gasteiger charge is 2.08. The molecule has 3 nitrogen and oxygen atoms in total. The molecule has 50 valence electrons. The monoisotopic (exact) mass is 119 g/mol. The fraction of sp³-hybridized carbons (Fsp3) is 1.00. The Kier molecular flexibility index (Phi) is 3.77. The number of nitrogens with one attached hydrogen (secondary N) is 1. The number of aliphatic hydroxyl groups excluding tert-OH is 1. The molecular formula is C5H13NO2. The summed E-state index contributed by atoms with van der Waals surface area (Å²) in [5.74, 6) is 0. The molecule has 0 radical (unpaired) electrons. The van der Waals surface area contributed by atoms with Crippen molar-refractivity contribution in [1.29, 1.82) is 0 Å². The Morgan fingerprint density at radius 1 is 1.62 bits per heavy atom. The average molecular weight is 119 g/mol. The first-order chi connectivity index (χ1) is 3.72. The molecule has 8 heavy (non-hydrogen) atoms. The van der Waals surface area contributed by atoms with Crippen molar-refractivity contribution in [2.75, 3.05) is 14.2 Å². The van der Waals surface area contributed by atoms with Crippen LogP contribution in [-0.4, -0.2) is 31.6 Å². The van der Waals surface area contributed by atoms with Gasteiger partial charge in [0.1, 0.15) is 0 Å². The van der Waals surface area contributed by atoms with Crippen LogP contribution in [0.25, 0.3) is 0 Å². The maximum absolute atomic E-state index is 8.84. The zero-order valence-corrected chi connectivity index (χ0v) is 5.51. The van der Waals surface area contributed by atoms with E-state index in [0.29, 0.717) is 0 Å². The van der Waals surface area contributed by atoms with Crippen molar-refractivity contribution >= 4 is 0 Å². The van der Waals surface area contributed by atoms with Crippen LogP contribution in [0.5, 0.6) is 0 Å². The van der Waals surface area contributed by atoms with Crippen LogP contribution in [-0.2, 0) is 4.74 Å². The number of hydrogen-bond donors (Lipinski definition) is 2. The first-order valence-electron chi connectivity index (χ1n) is 2.60. The van der Waals surface area contributed by atoms with E-state index in [2.05, 4.69) is 10.1 Å². The molecule has 0 rings (SSSR count). The topological polar surface area (TPSA) is 41.5 Å². The Labute approximate surface area is 49.7 Å². The third-order valence-corrected chi connectivity index (χ3v) is 1.12. The average Bonchev–Trinajstić information content (AvgIpc) is 1.84. The summed E-state index contributed by atoms with van der Waals surface area (Å²) in [7, 11) is 3.24. The van der Waals surface area contributed by atoms with E-state index >= 15 is 0 Å². The molecule has 2 atom stereocenters. The first kappa shape index (κ1) is 7.88. The zero-order chi connectivity index (χ0) is 6.57. The highest BCUT2D eigenvalue weighted by molar-refractivity contribution is 4.57. The van der Waals surface area contributed by atoms with Crippen LogP contribution >= 0.6 is 0 Å². The van der Waals surface area contributed by atoms with Gasteiger partial charge in [-0.2, -0.15) is 0 Å². The van der Waals surface area contributed by atoms with Crippen molar-refractivity contribution in [2.45, 2.75) is 19.3 Å². The van der Waals surface area contributed by atoms with Crippen molar-refractivity contribution in [1.82, 2.24) is 5.32 Å². The summed E-state index contributed by atoms with van der Waals surface area (Å²) in [5, 5.41) is 11.7. The van der Waals surface area contributed by atoms with Gasteiger partial charge in [-0.05, 0) is 14.0 Å². The molecule has 0 heterocycles. The third kappa shape index (κ3) is 2.26. The highest BCUT2D eigenvalue weighted by Crippen LogP contribution is 1.89. The minimum absolute atomic E-state index is 0.000000000000000222. The molecule has 0 spiro atoms. The van der Waals surface area contributed by atoms with Gasteiger partial charge in [0.25, 0.3) is 0 Å². The van der Waals surface area contributed by atoms with Gasteiger partial charge in [0.2, 0.25) is 0 Å². The standard InChI is InChI=1S/C5H13NO2/c1-4(6-2)5(7)8-3/h4-7H,1-3H3/t4-,5?/m0/s1. The van der Waals surface area contributed by atoms with Crippen molar-refractivity contribution in [3.05, 3.63) is 0 Å². The van der Waals surface area contributed by atoms with Crippen LogP contribution in [0.2, 0.25) is 0 Å². The van der Waals surface area contributed by atoms with Crippen molar-refractivity contribution in [3.63, 3.8) is 0 Å². The van der Waals surface area contributed by atoms with E-state index in [1.54, 1.807) is 7.05 Å². The molecule has 0 aliphatic heterocycles. The second kappa shape index (κ2) is 3.83. The first-order valence-corrected chi connectivity index (χ1v) is 2.60. The summed E-state index contributed by atoms with van der Waals surface area (Å²) < 4.78 is 4.60. The van der Waals surface area contributed by atoms with Crippen molar-refractivity contribution in [2.24, 2.45) is 0 Å². The van der Waals surface area contributed by atoms with E-state index in [4.69, 9.17) is 5.11 Å². The zero-order valence-electron chi connectivity index (χ0n) is 5.51. The molecule has 0 saturated carbocycles. The van der Waals surface area contributed by atoms with Gasteiger partial charge in [-0.1, -0.05) is 0 Å².